The van der Waals surface area contributed by atoms with Crippen molar-refractivity contribution in [2.45, 2.75) is 96.8 Å². The van der Waals surface area contributed by atoms with Gasteiger partial charge in [0.15, 0.2) is 0 Å². The topological polar surface area (TPSA) is 110 Å². The van der Waals surface area contributed by atoms with Crippen LogP contribution in [0.15, 0.2) is 12.2 Å². The molecule has 162 valence electrons. The van der Waals surface area contributed by atoms with Gasteiger partial charge < -0.3 is 4.55 Å². The van der Waals surface area contributed by atoms with Gasteiger partial charge in [-0.25, -0.2) is 13.3 Å². The number of hydrogen-bond donors (Lipinski definition) is 0. The molecule has 0 fully saturated rings. The standard InChI is InChI=1S/C18H36O7S2.Na/c1-2-3-4-5-6-7-8-9-10-11-12-13-14-15-16-17-18-24-25-27(22,23)26(19,20)21;/h9-10H,2-8,11-18H2,1H3,(H,19,20,21);/q;+1/p-1/b10-9-;. The zero-order valence-electron chi connectivity index (χ0n) is 17.4. The minimum atomic E-state index is -5.56. The van der Waals surface area contributed by atoms with Crippen LogP contribution in [-0.2, 0) is 27.5 Å². The van der Waals surface area contributed by atoms with Gasteiger partial charge in [0.2, 0.25) is 9.15 Å². The summed E-state index contributed by atoms with van der Waals surface area (Å²) in [6, 6.07) is 0. The molecule has 0 amide bonds. The third-order valence-corrected chi connectivity index (χ3v) is 6.55. The predicted molar refractivity (Wildman–Crippen MR) is 105 cm³/mol. The first-order chi connectivity index (χ1) is 12.8. The molecule has 0 saturated heterocycles. The van der Waals surface area contributed by atoms with E-state index < -0.39 is 18.3 Å². The van der Waals surface area contributed by atoms with Crippen LogP contribution in [0, 0.1) is 0 Å². The van der Waals surface area contributed by atoms with Gasteiger partial charge in [-0.2, -0.15) is 8.42 Å². The van der Waals surface area contributed by atoms with Crippen molar-refractivity contribution < 1.29 is 60.2 Å². The van der Waals surface area contributed by atoms with Gasteiger partial charge >= 0.3 is 38.7 Å². The first-order valence-electron chi connectivity index (χ1n) is 9.98. The summed E-state index contributed by atoms with van der Waals surface area (Å²) in [5, 5.41) is 0. The maximum Gasteiger partial charge on any atom is 1.00 e. The quantitative estimate of drug-likeness (QED) is 0.0561. The van der Waals surface area contributed by atoms with Crippen molar-refractivity contribution in [2.24, 2.45) is 0 Å². The SMILES string of the molecule is CCCCCCCC/C=C\CCCCCCCCOOS(=O)(=O)S(=O)(=O)[O-].[Na+]. The molecular weight excluding hydrogens is 415 g/mol. The molecule has 0 unspecified atom stereocenters. The van der Waals surface area contributed by atoms with E-state index in [1.54, 1.807) is 0 Å². The van der Waals surface area contributed by atoms with Crippen molar-refractivity contribution in [3.8, 4) is 0 Å². The fourth-order valence-corrected chi connectivity index (χ4v) is 3.11. The molecule has 7 nitrogen and oxygen atoms in total. The van der Waals surface area contributed by atoms with Crippen LogP contribution in [0.25, 0.3) is 0 Å². The number of hydrogen-bond acceptors (Lipinski definition) is 7. The molecule has 10 heteroatoms. The van der Waals surface area contributed by atoms with Gasteiger partial charge in [0.25, 0.3) is 0 Å². The van der Waals surface area contributed by atoms with E-state index in [-0.39, 0.29) is 36.2 Å². The Labute approximate surface area is 193 Å². The first-order valence-corrected chi connectivity index (χ1v) is 13.3. The molecule has 0 N–H and O–H groups in total. The van der Waals surface area contributed by atoms with Crippen LogP contribution in [0.5, 0.6) is 0 Å². The summed E-state index contributed by atoms with van der Waals surface area (Å²) >= 11 is 0. The second-order valence-corrected chi connectivity index (χ2v) is 10.9. The van der Waals surface area contributed by atoms with Crippen LogP contribution in [0.2, 0.25) is 0 Å². The molecule has 0 aromatic rings. The summed E-state index contributed by atoms with van der Waals surface area (Å²) < 4.78 is 56.2. The Kier molecular flexibility index (Phi) is 21.4. The van der Waals surface area contributed by atoms with Gasteiger partial charge in [0, 0.05) is 0 Å². The molecule has 28 heavy (non-hydrogen) atoms. The number of rotatable bonds is 19. The molecule has 0 aromatic carbocycles. The van der Waals surface area contributed by atoms with E-state index in [0.717, 1.165) is 38.5 Å². The van der Waals surface area contributed by atoms with Crippen LogP contribution in [0.4, 0.5) is 0 Å². The first kappa shape index (κ1) is 30.7. The number of allylic oxidation sites excluding steroid dienone is 2. The Hall–Kier alpha value is 0.520. The molecule has 0 spiro atoms. The maximum atomic E-state index is 10.8. The summed E-state index contributed by atoms with van der Waals surface area (Å²) in [4.78, 5) is 4.27. The summed E-state index contributed by atoms with van der Waals surface area (Å²) in [7, 11) is -10.8. The second-order valence-electron chi connectivity index (χ2n) is 6.64. The zero-order valence-corrected chi connectivity index (χ0v) is 21.1. The molecular formula is C18H35NaO7S2. The maximum absolute atomic E-state index is 10.8. The van der Waals surface area contributed by atoms with E-state index in [9.17, 15) is 21.4 Å². The Morgan fingerprint density at radius 3 is 1.61 bits per heavy atom. The summed E-state index contributed by atoms with van der Waals surface area (Å²) in [5.41, 5.74) is 0. The minimum Gasteiger partial charge on any atom is -0.734 e. The van der Waals surface area contributed by atoms with Crippen molar-refractivity contribution in [1.82, 2.24) is 0 Å². The fourth-order valence-electron chi connectivity index (χ4n) is 2.54. The van der Waals surface area contributed by atoms with Crippen LogP contribution in [-0.4, -0.2) is 28.0 Å². The van der Waals surface area contributed by atoms with Crippen LogP contribution in [0.1, 0.15) is 96.8 Å². The van der Waals surface area contributed by atoms with Gasteiger partial charge in [0.05, 0.1) is 6.61 Å². The molecule has 0 rings (SSSR count). The smallest absolute Gasteiger partial charge is 0.734 e. The normalized spacial score (nSPS) is 12.4. The fraction of sp³-hybridized carbons (Fsp3) is 0.889. The van der Waals surface area contributed by atoms with E-state index in [2.05, 4.69) is 28.3 Å². The van der Waals surface area contributed by atoms with Crippen molar-refractivity contribution in [3.05, 3.63) is 12.2 Å². The Morgan fingerprint density at radius 1 is 0.714 bits per heavy atom. The van der Waals surface area contributed by atoms with Crippen LogP contribution >= 0.6 is 0 Å². The van der Waals surface area contributed by atoms with Gasteiger partial charge in [-0.3, -0.25) is 0 Å². The molecule has 0 atom stereocenters. The van der Waals surface area contributed by atoms with E-state index in [0.29, 0.717) is 6.42 Å². The van der Waals surface area contributed by atoms with Gasteiger partial charge in [-0.1, -0.05) is 81.2 Å². The van der Waals surface area contributed by atoms with Gasteiger partial charge in [-0.15, -0.1) is 0 Å². The minimum absolute atomic E-state index is 0. The second kappa shape index (κ2) is 19.5. The van der Waals surface area contributed by atoms with Crippen molar-refractivity contribution >= 4 is 18.3 Å². The van der Waals surface area contributed by atoms with E-state index >= 15 is 0 Å². The largest absolute Gasteiger partial charge is 1.00 e. The summed E-state index contributed by atoms with van der Waals surface area (Å²) in [6.45, 7) is 2.16. The zero-order chi connectivity index (χ0) is 20.4. The van der Waals surface area contributed by atoms with Crippen molar-refractivity contribution in [1.29, 1.82) is 0 Å². The molecule has 0 aliphatic carbocycles. The Bertz CT molecular complexity index is 575. The molecule has 0 bridgehead atoms. The average Bonchev–Trinajstić information content (AvgIpc) is 2.59. The molecule has 0 heterocycles. The van der Waals surface area contributed by atoms with Crippen molar-refractivity contribution in [3.63, 3.8) is 0 Å². The predicted octanol–water partition coefficient (Wildman–Crippen LogP) is 1.77. The Morgan fingerprint density at radius 2 is 1.14 bits per heavy atom. The molecule has 0 aromatic heterocycles. The van der Waals surface area contributed by atoms with E-state index in [1.165, 1.54) is 44.9 Å². The summed E-state index contributed by atoms with van der Waals surface area (Å²) in [5.74, 6) is 0. The third kappa shape index (κ3) is 18.5. The Balaban J connectivity index is 0. The third-order valence-electron chi connectivity index (χ3n) is 4.12. The molecule has 0 radical (unpaired) electrons. The summed E-state index contributed by atoms with van der Waals surface area (Å²) in [6.07, 6.45) is 20.5. The average molecular weight is 451 g/mol. The van der Waals surface area contributed by atoms with E-state index in [1.807, 2.05) is 0 Å². The molecule has 0 aliphatic heterocycles. The van der Waals surface area contributed by atoms with Crippen LogP contribution < -0.4 is 29.6 Å². The van der Waals surface area contributed by atoms with E-state index in [4.69, 9.17) is 0 Å². The van der Waals surface area contributed by atoms with Gasteiger partial charge in [-0.05, 0) is 32.1 Å². The van der Waals surface area contributed by atoms with Crippen LogP contribution in [0.3, 0.4) is 0 Å². The molecule has 0 aliphatic rings. The van der Waals surface area contributed by atoms with Gasteiger partial charge in [0.1, 0.15) is 0 Å². The van der Waals surface area contributed by atoms with Crippen molar-refractivity contribution in [2.75, 3.05) is 6.61 Å². The monoisotopic (exact) mass is 450 g/mol. The molecule has 0 saturated carbocycles. The number of unbranched alkanes of at least 4 members (excludes halogenated alkanes) is 12.